The molecule has 0 radical (unpaired) electrons. The first kappa shape index (κ1) is 19.3. The summed E-state index contributed by atoms with van der Waals surface area (Å²) >= 11 is 0. The van der Waals surface area contributed by atoms with Crippen molar-refractivity contribution in [1.82, 2.24) is 4.72 Å². The minimum absolute atomic E-state index is 0.152. The lowest BCUT2D eigenvalue weighted by Gasteiger charge is -2.12. The van der Waals surface area contributed by atoms with E-state index < -0.39 is 10.0 Å². The van der Waals surface area contributed by atoms with Gasteiger partial charge in [-0.1, -0.05) is 6.07 Å². The third-order valence-electron chi connectivity index (χ3n) is 4.18. The van der Waals surface area contributed by atoms with E-state index in [0.717, 1.165) is 12.0 Å². The van der Waals surface area contributed by atoms with E-state index in [1.54, 1.807) is 26.4 Å². The highest BCUT2D eigenvalue weighted by Gasteiger charge is 2.18. The van der Waals surface area contributed by atoms with E-state index in [0.29, 0.717) is 42.6 Å². The molecule has 0 fully saturated rings. The molecule has 0 bridgehead atoms. The number of hydrogen-bond acceptors (Lipinski definition) is 6. The third-order valence-corrected chi connectivity index (χ3v) is 5.64. The molecule has 7 nitrogen and oxygen atoms in total. The summed E-state index contributed by atoms with van der Waals surface area (Å²) in [5.74, 6) is 2.27. The van der Waals surface area contributed by atoms with Gasteiger partial charge in [0.25, 0.3) is 0 Å². The van der Waals surface area contributed by atoms with E-state index in [-0.39, 0.29) is 11.4 Å². The van der Waals surface area contributed by atoms with Crippen molar-refractivity contribution in [2.45, 2.75) is 17.7 Å². The van der Waals surface area contributed by atoms with Crippen molar-refractivity contribution in [3.8, 4) is 23.0 Å². The quantitative estimate of drug-likeness (QED) is 0.778. The number of nitrogens with one attached hydrogen (secondary N) is 1. The lowest BCUT2D eigenvalue weighted by Crippen LogP contribution is -2.26. The average molecular weight is 393 g/mol. The van der Waals surface area contributed by atoms with Crippen LogP contribution in [0.1, 0.15) is 12.0 Å². The molecule has 0 spiro atoms. The van der Waals surface area contributed by atoms with Gasteiger partial charge in [-0.25, -0.2) is 13.1 Å². The second-order valence-corrected chi connectivity index (χ2v) is 7.76. The lowest BCUT2D eigenvalue weighted by atomic mass is 10.1. The van der Waals surface area contributed by atoms with Crippen LogP contribution in [-0.2, 0) is 16.4 Å². The molecule has 0 aromatic heterocycles. The summed E-state index contributed by atoms with van der Waals surface area (Å²) in [5.41, 5.74) is 0.939. The van der Waals surface area contributed by atoms with Gasteiger partial charge in [0.1, 0.15) is 0 Å². The van der Waals surface area contributed by atoms with Crippen molar-refractivity contribution in [3.05, 3.63) is 42.0 Å². The van der Waals surface area contributed by atoms with Crippen LogP contribution < -0.4 is 23.7 Å². The van der Waals surface area contributed by atoms with Crippen molar-refractivity contribution in [1.29, 1.82) is 0 Å². The summed E-state index contributed by atoms with van der Waals surface area (Å²) in [6.07, 6.45) is 1.28. The molecule has 0 aliphatic carbocycles. The Hall–Kier alpha value is -2.45. The fraction of sp³-hybridized carbons (Fsp3) is 0.368. The topological polar surface area (TPSA) is 83.1 Å². The molecule has 1 N–H and O–H groups in total. The number of fused-ring (bicyclic) bond motifs is 1. The van der Waals surface area contributed by atoms with Gasteiger partial charge in [0.05, 0.1) is 32.3 Å². The fourth-order valence-electron chi connectivity index (χ4n) is 2.76. The van der Waals surface area contributed by atoms with Crippen LogP contribution in [0.15, 0.2) is 41.3 Å². The molecule has 1 heterocycles. The summed E-state index contributed by atoms with van der Waals surface area (Å²) in [5, 5.41) is 0. The van der Waals surface area contributed by atoms with Crippen molar-refractivity contribution in [3.63, 3.8) is 0 Å². The molecule has 0 unspecified atom stereocenters. The van der Waals surface area contributed by atoms with Crippen LogP contribution in [0.4, 0.5) is 0 Å². The smallest absolute Gasteiger partial charge is 0.240 e. The van der Waals surface area contributed by atoms with Crippen LogP contribution >= 0.6 is 0 Å². The Morgan fingerprint density at radius 3 is 2.44 bits per heavy atom. The van der Waals surface area contributed by atoms with E-state index in [1.807, 2.05) is 12.1 Å². The van der Waals surface area contributed by atoms with Crippen LogP contribution in [0.25, 0.3) is 0 Å². The van der Waals surface area contributed by atoms with Crippen molar-refractivity contribution in [2.24, 2.45) is 0 Å². The second kappa shape index (κ2) is 8.49. The molecule has 3 rings (SSSR count). The highest BCUT2D eigenvalue weighted by atomic mass is 32.2. The predicted molar refractivity (Wildman–Crippen MR) is 100 cm³/mol. The Balaban J connectivity index is 1.66. The molecule has 27 heavy (non-hydrogen) atoms. The van der Waals surface area contributed by atoms with Gasteiger partial charge in [0.15, 0.2) is 23.0 Å². The predicted octanol–water partition coefficient (Wildman–Crippen LogP) is 2.39. The molecule has 0 saturated heterocycles. The molecule has 1 aliphatic rings. The van der Waals surface area contributed by atoms with E-state index >= 15 is 0 Å². The summed E-state index contributed by atoms with van der Waals surface area (Å²) < 4.78 is 49.3. The Morgan fingerprint density at radius 2 is 1.70 bits per heavy atom. The van der Waals surface area contributed by atoms with Gasteiger partial charge in [0.2, 0.25) is 10.0 Å². The summed E-state index contributed by atoms with van der Waals surface area (Å²) in [7, 11) is -0.511. The van der Waals surface area contributed by atoms with Gasteiger partial charge < -0.3 is 18.9 Å². The normalized spacial score (nSPS) is 13.7. The second-order valence-electron chi connectivity index (χ2n) is 6.00. The van der Waals surface area contributed by atoms with Crippen molar-refractivity contribution >= 4 is 10.0 Å². The minimum atomic E-state index is -3.65. The molecule has 1 aliphatic heterocycles. The van der Waals surface area contributed by atoms with Gasteiger partial charge >= 0.3 is 0 Å². The molecular formula is C19H23NO6S. The average Bonchev–Trinajstić information content (AvgIpc) is 2.92. The monoisotopic (exact) mass is 393 g/mol. The zero-order valence-corrected chi connectivity index (χ0v) is 16.2. The maximum atomic E-state index is 12.6. The first-order valence-electron chi connectivity index (χ1n) is 8.64. The third kappa shape index (κ3) is 4.64. The molecular weight excluding hydrogens is 370 g/mol. The summed E-state index contributed by atoms with van der Waals surface area (Å²) in [6.45, 7) is 1.32. The van der Waals surface area contributed by atoms with Gasteiger partial charge in [0, 0.05) is 19.0 Å². The SMILES string of the molecule is COc1ccc(CCNS(=O)(=O)c2ccc3c(c2)OCCCO3)cc1OC. The number of sulfonamides is 1. The number of methoxy groups -OCH3 is 2. The van der Waals surface area contributed by atoms with Crippen molar-refractivity contribution in [2.75, 3.05) is 34.0 Å². The van der Waals surface area contributed by atoms with Crippen LogP contribution in [0.2, 0.25) is 0 Å². The molecule has 0 amide bonds. The molecule has 0 saturated carbocycles. The van der Waals surface area contributed by atoms with Crippen LogP contribution in [0.3, 0.4) is 0 Å². The van der Waals surface area contributed by atoms with Gasteiger partial charge in [-0.3, -0.25) is 0 Å². The number of rotatable bonds is 7. The van der Waals surface area contributed by atoms with Crippen molar-refractivity contribution < 1.29 is 27.4 Å². The number of hydrogen-bond donors (Lipinski definition) is 1. The Kier molecular flexibility index (Phi) is 6.08. The molecule has 2 aromatic rings. The Bertz CT molecular complexity index is 897. The molecule has 2 aromatic carbocycles. The zero-order chi connectivity index (χ0) is 19.3. The van der Waals surface area contributed by atoms with E-state index in [4.69, 9.17) is 18.9 Å². The number of benzene rings is 2. The van der Waals surface area contributed by atoms with Gasteiger partial charge in [-0.15, -0.1) is 0 Å². The van der Waals surface area contributed by atoms with Gasteiger partial charge in [-0.2, -0.15) is 0 Å². The zero-order valence-electron chi connectivity index (χ0n) is 15.4. The molecule has 146 valence electrons. The van der Waals surface area contributed by atoms with Crippen LogP contribution in [0, 0.1) is 0 Å². The van der Waals surface area contributed by atoms with Gasteiger partial charge in [-0.05, 0) is 36.2 Å². The highest BCUT2D eigenvalue weighted by Crippen LogP contribution is 2.32. The fourth-order valence-corrected chi connectivity index (χ4v) is 3.81. The first-order chi connectivity index (χ1) is 13.0. The first-order valence-corrected chi connectivity index (χ1v) is 10.1. The molecule has 0 atom stereocenters. The summed E-state index contributed by atoms with van der Waals surface area (Å²) in [4.78, 5) is 0.152. The highest BCUT2D eigenvalue weighted by molar-refractivity contribution is 7.89. The summed E-state index contributed by atoms with van der Waals surface area (Å²) in [6, 6.07) is 10.2. The minimum Gasteiger partial charge on any atom is -0.493 e. The molecule has 8 heteroatoms. The Morgan fingerprint density at radius 1 is 0.963 bits per heavy atom. The van der Waals surface area contributed by atoms with Crippen LogP contribution in [-0.4, -0.2) is 42.4 Å². The van der Waals surface area contributed by atoms with E-state index in [1.165, 1.54) is 12.1 Å². The lowest BCUT2D eigenvalue weighted by molar-refractivity contribution is 0.297. The largest absolute Gasteiger partial charge is 0.493 e. The van der Waals surface area contributed by atoms with Crippen LogP contribution in [0.5, 0.6) is 23.0 Å². The van der Waals surface area contributed by atoms with E-state index in [9.17, 15) is 8.42 Å². The Labute approximate surface area is 159 Å². The standard InChI is InChI=1S/C19H23NO6S/c1-23-16-6-4-14(12-18(16)24-2)8-9-20-27(21,22)15-5-7-17-19(13-15)26-11-3-10-25-17/h4-7,12-13,20H,3,8-11H2,1-2H3. The maximum Gasteiger partial charge on any atom is 0.240 e. The van der Waals surface area contributed by atoms with E-state index in [2.05, 4.69) is 4.72 Å². The number of ether oxygens (including phenoxy) is 4. The maximum absolute atomic E-state index is 12.6.